The van der Waals surface area contributed by atoms with Gasteiger partial charge in [0.1, 0.15) is 10.7 Å². The van der Waals surface area contributed by atoms with Crippen molar-refractivity contribution in [2.45, 2.75) is 58.4 Å². The molecule has 1 aliphatic carbocycles. The number of nitrogens with one attached hydrogen (secondary N) is 1. The summed E-state index contributed by atoms with van der Waals surface area (Å²) in [5.41, 5.74) is 0.771. The Morgan fingerprint density at radius 2 is 2.19 bits per heavy atom. The maximum Gasteiger partial charge on any atom is 0.262 e. The standard InChI is InChI=1S/C20H27N3O3S/c1-13-16-19(22-15-6-3-2-4-10-23(15)20(16)25)27-17(13)18(24)21-9-5-11-26-12-14-7-8-14/h14H,2-12H2,1H3,(H,21,24). The number of aryl methyl sites for hydroxylation is 2. The number of amides is 1. The lowest BCUT2D eigenvalue weighted by Gasteiger charge is -2.08. The lowest BCUT2D eigenvalue weighted by atomic mass is 10.2. The van der Waals surface area contributed by atoms with Crippen molar-refractivity contribution in [3.63, 3.8) is 0 Å². The maximum absolute atomic E-state index is 13.0. The Morgan fingerprint density at radius 1 is 1.33 bits per heavy atom. The van der Waals surface area contributed by atoms with E-state index in [-0.39, 0.29) is 11.5 Å². The van der Waals surface area contributed by atoms with Crippen molar-refractivity contribution in [3.05, 3.63) is 26.6 Å². The molecule has 0 aromatic carbocycles. The third-order valence-corrected chi connectivity index (χ3v) is 6.60. The number of ether oxygens (including phenoxy) is 1. The highest BCUT2D eigenvalue weighted by Crippen LogP contribution is 2.29. The zero-order chi connectivity index (χ0) is 18.8. The van der Waals surface area contributed by atoms with E-state index < -0.39 is 0 Å². The molecule has 0 bridgehead atoms. The van der Waals surface area contributed by atoms with Crippen LogP contribution in [0.25, 0.3) is 10.2 Å². The van der Waals surface area contributed by atoms with Gasteiger partial charge in [-0.15, -0.1) is 11.3 Å². The highest BCUT2D eigenvalue weighted by atomic mass is 32.1. The molecule has 146 valence electrons. The Kier molecular flexibility index (Phi) is 5.59. The monoisotopic (exact) mass is 389 g/mol. The van der Waals surface area contributed by atoms with Crippen LogP contribution in [0.5, 0.6) is 0 Å². The molecule has 0 radical (unpaired) electrons. The van der Waals surface area contributed by atoms with Gasteiger partial charge in [-0.25, -0.2) is 4.98 Å². The first-order valence-electron chi connectivity index (χ1n) is 10.0. The molecule has 3 heterocycles. The van der Waals surface area contributed by atoms with Crippen LogP contribution >= 0.6 is 11.3 Å². The van der Waals surface area contributed by atoms with E-state index in [0.29, 0.717) is 28.2 Å². The van der Waals surface area contributed by atoms with Gasteiger partial charge >= 0.3 is 0 Å². The second-order valence-corrected chi connectivity index (χ2v) is 8.66. The van der Waals surface area contributed by atoms with Gasteiger partial charge in [0.25, 0.3) is 11.5 Å². The lowest BCUT2D eigenvalue weighted by molar-refractivity contribution is 0.0941. The van der Waals surface area contributed by atoms with E-state index in [9.17, 15) is 9.59 Å². The Hall–Kier alpha value is -1.73. The third-order valence-electron chi connectivity index (χ3n) is 5.42. The minimum atomic E-state index is -0.114. The summed E-state index contributed by atoms with van der Waals surface area (Å²) in [6, 6.07) is 0. The Balaban J connectivity index is 1.45. The normalized spacial score (nSPS) is 16.9. The van der Waals surface area contributed by atoms with Crippen molar-refractivity contribution in [1.82, 2.24) is 14.9 Å². The van der Waals surface area contributed by atoms with E-state index in [2.05, 4.69) is 5.32 Å². The van der Waals surface area contributed by atoms with Gasteiger partial charge in [0, 0.05) is 32.7 Å². The molecule has 4 rings (SSSR count). The molecule has 1 amide bonds. The number of carbonyl (C=O) groups excluding carboxylic acids is 1. The van der Waals surface area contributed by atoms with Gasteiger partial charge in [0.05, 0.1) is 10.3 Å². The summed E-state index contributed by atoms with van der Waals surface area (Å²) < 4.78 is 7.41. The first kappa shape index (κ1) is 18.6. The van der Waals surface area contributed by atoms with Crippen LogP contribution in [0.1, 0.15) is 59.6 Å². The molecule has 1 N–H and O–H groups in total. The molecule has 2 aliphatic rings. The topological polar surface area (TPSA) is 73.2 Å². The molecule has 1 saturated carbocycles. The number of fused-ring (bicyclic) bond motifs is 2. The van der Waals surface area contributed by atoms with E-state index >= 15 is 0 Å². The lowest BCUT2D eigenvalue weighted by Crippen LogP contribution is -2.26. The van der Waals surface area contributed by atoms with Gasteiger partial charge in [-0.2, -0.15) is 0 Å². The SMILES string of the molecule is Cc1c(C(=O)NCCCOCC2CC2)sc2nc3n(c(=O)c12)CCCCC3. The van der Waals surface area contributed by atoms with Gasteiger partial charge < -0.3 is 10.1 Å². The predicted octanol–water partition coefficient (Wildman–Crippen LogP) is 3.04. The Labute approximate surface area is 162 Å². The number of hydrogen-bond acceptors (Lipinski definition) is 5. The smallest absolute Gasteiger partial charge is 0.262 e. The Morgan fingerprint density at radius 3 is 3.00 bits per heavy atom. The number of hydrogen-bond donors (Lipinski definition) is 1. The average Bonchev–Trinajstić information content (AvgIpc) is 3.44. The van der Waals surface area contributed by atoms with Crippen LogP contribution in [0.2, 0.25) is 0 Å². The summed E-state index contributed by atoms with van der Waals surface area (Å²) in [6.45, 7) is 4.70. The molecule has 2 aromatic rings. The summed E-state index contributed by atoms with van der Waals surface area (Å²) >= 11 is 1.34. The minimum Gasteiger partial charge on any atom is -0.381 e. The van der Waals surface area contributed by atoms with Crippen molar-refractivity contribution >= 4 is 27.5 Å². The van der Waals surface area contributed by atoms with Crippen molar-refractivity contribution in [2.75, 3.05) is 19.8 Å². The largest absolute Gasteiger partial charge is 0.381 e. The summed E-state index contributed by atoms with van der Waals surface area (Å²) in [7, 11) is 0. The van der Waals surface area contributed by atoms with Gasteiger partial charge in [0.2, 0.25) is 0 Å². The molecule has 27 heavy (non-hydrogen) atoms. The first-order chi connectivity index (χ1) is 13.1. The van der Waals surface area contributed by atoms with Crippen LogP contribution in [0.15, 0.2) is 4.79 Å². The van der Waals surface area contributed by atoms with Gasteiger partial charge in [-0.05, 0) is 50.5 Å². The molecule has 0 unspecified atom stereocenters. The molecule has 1 aliphatic heterocycles. The van der Waals surface area contributed by atoms with Crippen molar-refractivity contribution in [3.8, 4) is 0 Å². The van der Waals surface area contributed by atoms with Crippen molar-refractivity contribution < 1.29 is 9.53 Å². The van der Waals surface area contributed by atoms with Crippen LogP contribution in [-0.4, -0.2) is 35.2 Å². The molecule has 0 saturated heterocycles. The van der Waals surface area contributed by atoms with Crippen LogP contribution < -0.4 is 10.9 Å². The van der Waals surface area contributed by atoms with Crippen LogP contribution in [-0.2, 0) is 17.7 Å². The number of thiophene rings is 1. The van der Waals surface area contributed by atoms with E-state index in [4.69, 9.17) is 9.72 Å². The zero-order valence-corrected chi connectivity index (χ0v) is 16.7. The summed E-state index contributed by atoms with van der Waals surface area (Å²) in [6.07, 6.45) is 7.44. The first-order valence-corrected chi connectivity index (χ1v) is 10.9. The zero-order valence-electron chi connectivity index (χ0n) is 15.9. The van der Waals surface area contributed by atoms with Crippen LogP contribution in [0, 0.1) is 12.8 Å². The molecular formula is C20H27N3O3S. The fourth-order valence-corrected chi connectivity index (χ4v) is 4.72. The fraction of sp³-hybridized carbons (Fsp3) is 0.650. The number of nitrogens with zero attached hydrogens (tertiary/aromatic N) is 2. The summed E-state index contributed by atoms with van der Waals surface area (Å²) in [4.78, 5) is 31.6. The maximum atomic E-state index is 13.0. The van der Waals surface area contributed by atoms with Crippen molar-refractivity contribution in [2.24, 2.45) is 5.92 Å². The summed E-state index contributed by atoms with van der Waals surface area (Å²) in [5.74, 6) is 1.52. The number of carbonyl (C=O) groups is 1. The molecule has 2 aromatic heterocycles. The molecule has 0 atom stereocenters. The van der Waals surface area contributed by atoms with E-state index in [1.54, 1.807) is 0 Å². The van der Waals surface area contributed by atoms with Gasteiger partial charge in [-0.1, -0.05) is 6.42 Å². The minimum absolute atomic E-state index is 0.0122. The van der Waals surface area contributed by atoms with E-state index in [1.807, 2.05) is 11.5 Å². The highest BCUT2D eigenvalue weighted by Gasteiger charge is 2.22. The molecule has 7 heteroatoms. The quantitative estimate of drug-likeness (QED) is 0.739. The van der Waals surface area contributed by atoms with Crippen LogP contribution in [0.3, 0.4) is 0 Å². The fourth-order valence-electron chi connectivity index (χ4n) is 3.62. The number of rotatable bonds is 7. The van der Waals surface area contributed by atoms with Crippen LogP contribution in [0.4, 0.5) is 0 Å². The Bertz CT molecular complexity index is 898. The van der Waals surface area contributed by atoms with Gasteiger partial charge in [0.15, 0.2) is 0 Å². The second-order valence-electron chi connectivity index (χ2n) is 7.66. The molecule has 0 spiro atoms. The van der Waals surface area contributed by atoms with E-state index in [0.717, 1.165) is 62.6 Å². The number of aromatic nitrogens is 2. The third kappa shape index (κ3) is 4.09. The predicted molar refractivity (Wildman–Crippen MR) is 107 cm³/mol. The molecular weight excluding hydrogens is 362 g/mol. The van der Waals surface area contributed by atoms with Crippen molar-refractivity contribution in [1.29, 1.82) is 0 Å². The molecule has 1 fully saturated rings. The molecule has 6 nitrogen and oxygen atoms in total. The highest BCUT2D eigenvalue weighted by molar-refractivity contribution is 7.20. The summed E-state index contributed by atoms with van der Waals surface area (Å²) in [5, 5.41) is 3.57. The van der Waals surface area contributed by atoms with Gasteiger partial charge in [-0.3, -0.25) is 14.2 Å². The average molecular weight is 390 g/mol. The van der Waals surface area contributed by atoms with E-state index in [1.165, 1.54) is 24.2 Å². The second kappa shape index (κ2) is 8.10.